The van der Waals surface area contributed by atoms with E-state index in [-0.39, 0.29) is 16.9 Å². The SMILES string of the molecule is CC(C)COc1ccccc1-c1ncc(-c2nnn[nH]2)c(=O)[nH]1. The molecular weight excluding hydrogens is 296 g/mol. The van der Waals surface area contributed by atoms with Crippen LogP contribution in [-0.4, -0.2) is 37.2 Å². The molecule has 2 heterocycles. The second kappa shape index (κ2) is 6.39. The van der Waals surface area contributed by atoms with E-state index in [1.807, 2.05) is 24.3 Å². The Kier molecular flexibility index (Phi) is 4.13. The number of tetrazole rings is 1. The van der Waals surface area contributed by atoms with Gasteiger partial charge in [-0.2, -0.15) is 0 Å². The highest BCUT2D eigenvalue weighted by Crippen LogP contribution is 2.27. The highest BCUT2D eigenvalue weighted by atomic mass is 16.5. The van der Waals surface area contributed by atoms with Gasteiger partial charge in [0.15, 0.2) is 5.82 Å². The van der Waals surface area contributed by atoms with E-state index < -0.39 is 0 Å². The Bertz CT molecular complexity index is 841. The van der Waals surface area contributed by atoms with Crippen LogP contribution in [0.2, 0.25) is 0 Å². The molecule has 3 aromatic rings. The van der Waals surface area contributed by atoms with Crippen molar-refractivity contribution in [2.75, 3.05) is 6.61 Å². The fourth-order valence-electron chi connectivity index (χ4n) is 2.02. The van der Waals surface area contributed by atoms with Crippen LogP contribution in [-0.2, 0) is 0 Å². The summed E-state index contributed by atoms with van der Waals surface area (Å²) < 4.78 is 5.79. The van der Waals surface area contributed by atoms with Gasteiger partial charge in [0, 0.05) is 6.20 Å². The molecule has 0 saturated heterocycles. The molecule has 0 fully saturated rings. The number of para-hydroxylation sites is 1. The minimum Gasteiger partial charge on any atom is -0.493 e. The average molecular weight is 312 g/mol. The molecule has 0 aliphatic heterocycles. The Morgan fingerprint density at radius 2 is 2.00 bits per heavy atom. The summed E-state index contributed by atoms with van der Waals surface area (Å²) >= 11 is 0. The van der Waals surface area contributed by atoms with Crippen LogP contribution in [0.3, 0.4) is 0 Å². The van der Waals surface area contributed by atoms with Gasteiger partial charge in [0.1, 0.15) is 17.1 Å². The molecule has 0 aliphatic rings. The first-order valence-electron chi connectivity index (χ1n) is 7.20. The molecule has 0 amide bonds. The van der Waals surface area contributed by atoms with Gasteiger partial charge in [-0.05, 0) is 28.5 Å². The predicted octanol–water partition coefficient (Wildman–Crippen LogP) is 1.65. The number of aromatic nitrogens is 6. The minimum absolute atomic E-state index is 0.273. The molecule has 3 rings (SSSR count). The third-order valence-corrected chi connectivity index (χ3v) is 3.11. The van der Waals surface area contributed by atoms with Crippen molar-refractivity contribution in [2.24, 2.45) is 5.92 Å². The zero-order valence-corrected chi connectivity index (χ0v) is 12.8. The van der Waals surface area contributed by atoms with Crippen LogP contribution in [0.25, 0.3) is 22.8 Å². The highest BCUT2D eigenvalue weighted by molar-refractivity contribution is 5.65. The molecule has 0 bridgehead atoms. The highest BCUT2D eigenvalue weighted by Gasteiger charge is 2.13. The largest absolute Gasteiger partial charge is 0.493 e. The Hall–Kier alpha value is -3.03. The number of rotatable bonds is 5. The van der Waals surface area contributed by atoms with Crippen molar-refractivity contribution >= 4 is 0 Å². The van der Waals surface area contributed by atoms with Gasteiger partial charge in [0.25, 0.3) is 5.56 Å². The number of aromatic amines is 2. The van der Waals surface area contributed by atoms with Gasteiger partial charge in [-0.1, -0.05) is 26.0 Å². The monoisotopic (exact) mass is 312 g/mol. The predicted molar refractivity (Wildman–Crippen MR) is 83.8 cm³/mol. The number of hydrogen-bond donors (Lipinski definition) is 2. The van der Waals surface area contributed by atoms with E-state index in [1.165, 1.54) is 6.20 Å². The molecule has 0 atom stereocenters. The van der Waals surface area contributed by atoms with Crippen molar-refractivity contribution in [3.8, 4) is 28.5 Å². The molecule has 0 saturated carbocycles. The molecule has 0 aliphatic carbocycles. The van der Waals surface area contributed by atoms with Gasteiger partial charge in [-0.15, -0.1) is 5.10 Å². The summed E-state index contributed by atoms with van der Waals surface area (Å²) in [5, 5.41) is 13.2. The minimum atomic E-state index is -0.327. The smallest absolute Gasteiger partial charge is 0.262 e. The standard InChI is InChI=1S/C15H16N6O2/c1-9(2)8-23-12-6-4-3-5-10(12)13-16-7-11(15(22)17-13)14-18-20-21-19-14/h3-7,9H,8H2,1-2H3,(H,16,17,22)(H,18,19,20,21). The van der Waals surface area contributed by atoms with Gasteiger partial charge >= 0.3 is 0 Å². The zero-order chi connectivity index (χ0) is 16.2. The van der Waals surface area contributed by atoms with Crippen LogP contribution in [0, 0.1) is 5.92 Å². The van der Waals surface area contributed by atoms with Crippen molar-refractivity contribution in [1.29, 1.82) is 0 Å². The summed E-state index contributed by atoms with van der Waals surface area (Å²) in [5.41, 5.74) is 0.680. The van der Waals surface area contributed by atoms with E-state index in [0.29, 0.717) is 24.1 Å². The quantitative estimate of drug-likeness (QED) is 0.741. The number of ether oxygens (including phenoxy) is 1. The number of nitrogens with one attached hydrogen (secondary N) is 2. The van der Waals surface area contributed by atoms with Crippen LogP contribution < -0.4 is 10.3 Å². The Morgan fingerprint density at radius 3 is 2.70 bits per heavy atom. The van der Waals surface area contributed by atoms with Crippen LogP contribution in [0.15, 0.2) is 35.3 Å². The van der Waals surface area contributed by atoms with Crippen molar-refractivity contribution in [3.63, 3.8) is 0 Å². The number of hydrogen-bond acceptors (Lipinski definition) is 6. The lowest BCUT2D eigenvalue weighted by molar-refractivity contribution is 0.272. The number of nitrogens with zero attached hydrogens (tertiary/aromatic N) is 4. The van der Waals surface area contributed by atoms with Gasteiger partial charge in [0.05, 0.1) is 12.2 Å². The van der Waals surface area contributed by atoms with E-state index >= 15 is 0 Å². The second-order valence-electron chi connectivity index (χ2n) is 5.43. The molecule has 0 spiro atoms. The summed E-state index contributed by atoms with van der Waals surface area (Å²) in [6, 6.07) is 7.45. The van der Waals surface area contributed by atoms with E-state index in [0.717, 1.165) is 5.56 Å². The molecular formula is C15H16N6O2. The first-order valence-corrected chi connectivity index (χ1v) is 7.20. The summed E-state index contributed by atoms with van der Waals surface area (Å²) in [6.07, 6.45) is 1.44. The molecule has 2 N–H and O–H groups in total. The molecule has 23 heavy (non-hydrogen) atoms. The van der Waals surface area contributed by atoms with Crippen LogP contribution in [0.4, 0.5) is 0 Å². The van der Waals surface area contributed by atoms with E-state index in [9.17, 15) is 4.79 Å². The Morgan fingerprint density at radius 1 is 1.17 bits per heavy atom. The topological polar surface area (TPSA) is 109 Å². The summed E-state index contributed by atoms with van der Waals surface area (Å²) in [6.45, 7) is 4.73. The van der Waals surface area contributed by atoms with Crippen LogP contribution >= 0.6 is 0 Å². The number of H-pyrrole nitrogens is 2. The van der Waals surface area contributed by atoms with Crippen molar-refractivity contribution in [1.82, 2.24) is 30.6 Å². The first kappa shape index (κ1) is 14.9. The van der Waals surface area contributed by atoms with Crippen LogP contribution in [0.1, 0.15) is 13.8 Å². The summed E-state index contributed by atoms with van der Waals surface area (Å²) in [5.74, 6) is 1.79. The molecule has 8 nitrogen and oxygen atoms in total. The summed E-state index contributed by atoms with van der Waals surface area (Å²) in [4.78, 5) is 19.3. The molecule has 0 unspecified atom stereocenters. The molecule has 8 heteroatoms. The maximum absolute atomic E-state index is 12.2. The molecule has 0 radical (unpaired) electrons. The fraction of sp³-hybridized carbons (Fsp3) is 0.267. The maximum atomic E-state index is 12.2. The Balaban J connectivity index is 1.97. The fourth-order valence-corrected chi connectivity index (χ4v) is 2.02. The van der Waals surface area contributed by atoms with Gasteiger partial charge < -0.3 is 9.72 Å². The van der Waals surface area contributed by atoms with Crippen molar-refractivity contribution < 1.29 is 4.74 Å². The summed E-state index contributed by atoms with van der Waals surface area (Å²) in [7, 11) is 0. The van der Waals surface area contributed by atoms with Gasteiger partial charge in [-0.25, -0.2) is 10.1 Å². The maximum Gasteiger partial charge on any atom is 0.262 e. The average Bonchev–Trinajstić information content (AvgIpc) is 3.07. The molecule has 1 aromatic carbocycles. The van der Waals surface area contributed by atoms with Crippen LogP contribution in [0.5, 0.6) is 5.75 Å². The lowest BCUT2D eigenvalue weighted by Gasteiger charge is -2.12. The first-order chi connectivity index (χ1) is 11.1. The normalized spacial score (nSPS) is 10.9. The lowest BCUT2D eigenvalue weighted by Crippen LogP contribution is -2.13. The molecule has 2 aromatic heterocycles. The van der Waals surface area contributed by atoms with Crippen molar-refractivity contribution in [2.45, 2.75) is 13.8 Å². The van der Waals surface area contributed by atoms with E-state index in [1.54, 1.807) is 0 Å². The zero-order valence-electron chi connectivity index (χ0n) is 12.8. The van der Waals surface area contributed by atoms with Gasteiger partial charge in [-0.3, -0.25) is 4.79 Å². The third-order valence-electron chi connectivity index (χ3n) is 3.11. The van der Waals surface area contributed by atoms with E-state index in [2.05, 4.69) is 44.4 Å². The van der Waals surface area contributed by atoms with Gasteiger partial charge in [0.2, 0.25) is 0 Å². The lowest BCUT2D eigenvalue weighted by atomic mass is 10.1. The molecule has 118 valence electrons. The van der Waals surface area contributed by atoms with E-state index in [4.69, 9.17) is 4.74 Å². The third kappa shape index (κ3) is 3.25. The Labute approximate surface area is 131 Å². The van der Waals surface area contributed by atoms with Crippen molar-refractivity contribution in [3.05, 3.63) is 40.8 Å². The second-order valence-corrected chi connectivity index (χ2v) is 5.43. The number of benzene rings is 1.